The zero-order valence-electron chi connectivity index (χ0n) is 13.4. The van der Waals surface area contributed by atoms with Crippen molar-refractivity contribution >= 4 is 10.8 Å². The SMILES string of the molecule is CC(C)=CCN1CCC(O)(c2cccc3cnccc23)CC1. The van der Waals surface area contributed by atoms with E-state index in [0.717, 1.165) is 48.8 Å². The normalized spacial score (nSPS) is 18.3. The molecule has 0 bridgehead atoms. The van der Waals surface area contributed by atoms with Crippen LogP contribution in [0.4, 0.5) is 0 Å². The average Bonchev–Trinajstić information content (AvgIpc) is 2.54. The largest absolute Gasteiger partial charge is 0.385 e. The molecule has 116 valence electrons. The molecule has 3 rings (SSSR count). The molecule has 3 nitrogen and oxygen atoms in total. The summed E-state index contributed by atoms with van der Waals surface area (Å²) in [7, 11) is 0. The van der Waals surface area contributed by atoms with Crippen LogP contribution < -0.4 is 0 Å². The highest BCUT2D eigenvalue weighted by molar-refractivity contribution is 5.85. The monoisotopic (exact) mass is 296 g/mol. The quantitative estimate of drug-likeness (QED) is 0.881. The van der Waals surface area contributed by atoms with Gasteiger partial charge in [-0.15, -0.1) is 0 Å². The van der Waals surface area contributed by atoms with Gasteiger partial charge in [0.1, 0.15) is 0 Å². The number of allylic oxidation sites excluding steroid dienone is 1. The fourth-order valence-electron chi connectivity index (χ4n) is 3.21. The van der Waals surface area contributed by atoms with Crippen molar-refractivity contribution in [3.8, 4) is 0 Å². The van der Waals surface area contributed by atoms with Gasteiger partial charge in [-0.3, -0.25) is 9.88 Å². The van der Waals surface area contributed by atoms with Crippen molar-refractivity contribution in [1.29, 1.82) is 0 Å². The standard InChI is InChI=1S/C19H24N2O/c1-15(2)7-11-21-12-8-19(22,9-13-21)18-5-3-4-16-14-20-10-6-17(16)18/h3-7,10,14,22H,8-9,11-13H2,1-2H3. The maximum Gasteiger partial charge on any atom is 0.0926 e. The van der Waals surface area contributed by atoms with Gasteiger partial charge in [-0.1, -0.05) is 29.8 Å². The predicted octanol–water partition coefficient (Wildman–Crippen LogP) is 3.48. The van der Waals surface area contributed by atoms with Crippen molar-refractivity contribution < 1.29 is 5.11 Å². The summed E-state index contributed by atoms with van der Waals surface area (Å²) in [4.78, 5) is 6.59. The average molecular weight is 296 g/mol. The number of aromatic nitrogens is 1. The lowest BCUT2D eigenvalue weighted by molar-refractivity contribution is -0.0222. The third kappa shape index (κ3) is 3.06. The van der Waals surface area contributed by atoms with Crippen LogP contribution in [0.25, 0.3) is 10.8 Å². The van der Waals surface area contributed by atoms with Gasteiger partial charge in [0, 0.05) is 37.4 Å². The maximum atomic E-state index is 11.2. The van der Waals surface area contributed by atoms with Crippen LogP contribution in [0.1, 0.15) is 32.3 Å². The van der Waals surface area contributed by atoms with Crippen LogP contribution in [0.2, 0.25) is 0 Å². The highest BCUT2D eigenvalue weighted by Gasteiger charge is 2.34. The molecule has 0 saturated carbocycles. The van der Waals surface area contributed by atoms with E-state index in [0.29, 0.717) is 0 Å². The molecule has 1 aromatic heterocycles. The number of nitrogens with zero attached hydrogens (tertiary/aromatic N) is 2. The molecule has 0 aliphatic carbocycles. The Bertz CT molecular complexity index is 675. The summed E-state index contributed by atoms with van der Waals surface area (Å²) in [5.41, 5.74) is 1.68. The van der Waals surface area contributed by atoms with Gasteiger partial charge in [0.2, 0.25) is 0 Å². The van der Waals surface area contributed by atoms with Gasteiger partial charge in [0.05, 0.1) is 5.60 Å². The maximum absolute atomic E-state index is 11.2. The van der Waals surface area contributed by atoms with E-state index in [1.165, 1.54) is 5.57 Å². The van der Waals surface area contributed by atoms with E-state index < -0.39 is 5.60 Å². The lowest BCUT2D eigenvalue weighted by Gasteiger charge is -2.38. The summed E-state index contributed by atoms with van der Waals surface area (Å²) < 4.78 is 0. The summed E-state index contributed by atoms with van der Waals surface area (Å²) in [5, 5.41) is 13.4. The molecular weight excluding hydrogens is 272 g/mol. The van der Waals surface area contributed by atoms with E-state index in [9.17, 15) is 5.11 Å². The fraction of sp³-hybridized carbons (Fsp3) is 0.421. The lowest BCUT2D eigenvalue weighted by atomic mass is 9.82. The van der Waals surface area contributed by atoms with Gasteiger partial charge in [0.15, 0.2) is 0 Å². The van der Waals surface area contributed by atoms with Crippen molar-refractivity contribution in [1.82, 2.24) is 9.88 Å². The zero-order valence-corrected chi connectivity index (χ0v) is 13.4. The Morgan fingerprint density at radius 3 is 2.77 bits per heavy atom. The fourth-order valence-corrected chi connectivity index (χ4v) is 3.21. The molecule has 1 aliphatic heterocycles. The van der Waals surface area contributed by atoms with Gasteiger partial charge >= 0.3 is 0 Å². The molecule has 1 fully saturated rings. The number of likely N-dealkylation sites (tertiary alicyclic amines) is 1. The van der Waals surface area contributed by atoms with Crippen molar-refractivity contribution in [3.63, 3.8) is 0 Å². The summed E-state index contributed by atoms with van der Waals surface area (Å²) in [5.74, 6) is 0. The van der Waals surface area contributed by atoms with Crippen LogP contribution >= 0.6 is 0 Å². The molecule has 2 heterocycles. The van der Waals surface area contributed by atoms with Crippen LogP contribution in [-0.2, 0) is 5.60 Å². The van der Waals surface area contributed by atoms with E-state index in [-0.39, 0.29) is 0 Å². The van der Waals surface area contributed by atoms with E-state index in [1.807, 2.05) is 18.3 Å². The van der Waals surface area contributed by atoms with E-state index in [4.69, 9.17) is 0 Å². The Labute approximate surface area is 132 Å². The number of rotatable bonds is 3. The van der Waals surface area contributed by atoms with E-state index in [1.54, 1.807) is 6.20 Å². The minimum absolute atomic E-state index is 0.720. The van der Waals surface area contributed by atoms with Gasteiger partial charge < -0.3 is 5.11 Å². The molecule has 22 heavy (non-hydrogen) atoms. The van der Waals surface area contributed by atoms with Crippen LogP contribution in [0, 0.1) is 0 Å². The molecule has 0 unspecified atom stereocenters. The summed E-state index contributed by atoms with van der Waals surface area (Å²) >= 11 is 0. The molecule has 0 spiro atoms. The number of piperidine rings is 1. The number of aliphatic hydroxyl groups is 1. The minimum atomic E-state index is -0.720. The smallest absolute Gasteiger partial charge is 0.0926 e. The second-order valence-corrected chi connectivity index (χ2v) is 6.52. The number of hydrogen-bond acceptors (Lipinski definition) is 3. The summed E-state index contributed by atoms with van der Waals surface area (Å²) in [6, 6.07) is 8.15. The molecule has 3 heteroatoms. The number of pyridine rings is 1. The highest BCUT2D eigenvalue weighted by Crippen LogP contribution is 2.36. The molecule has 2 aromatic rings. The molecule has 1 aromatic carbocycles. The lowest BCUT2D eigenvalue weighted by Crippen LogP contribution is -2.42. The van der Waals surface area contributed by atoms with Crippen LogP contribution in [0.15, 0.2) is 48.3 Å². The van der Waals surface area contributed by atoms with E-state index in [2.05, 4.69) is 41.9 Å². The zero-order chi connectivity index (χ0) is 15.6. The molecule has 1 N–H and O–H groups in total. The number of fused-ring (bicyclic) bond motifs is 1. The predicted molar refractivity (Wildman–Crippen MR) is 90.7 cm³/mol. The first-order valence-electron chi connectivity index (χ1n) is 8.00. The number of benzene rings is 1. The van der Waals surface area contributed by atoms with Crippen molar-refractivity contribution in [3.05, 3.63) is 53.9 Å². The van der Waals surface area contributed by atoms with Crippen LogP contribution in [0.5, 0.6) is 0 Å². The Kier molecular flexibility index (Phi) is 4.27. The first-order chi connectivity index (χ1) is 10.6. The topological polar surface area (TPSA) is 36.4 Å². The van der Waals surface area contributed by atoms with Gasteiger partial charge in [0.25, 0.3) is 0 Å². The van der Waals surface area contributed by atoms with Crippen LogP contribution in [-0.4, -0.2) is 34.6 Å². The Morgan fingerprint density at radius 2 is 2.05 bits per heavy atom. The number of hydrogen-bond donors (Lipinski definition) is 1. The Morgan fingerprint density at radius 1 is 1.27 bits per heavy atom. The second kappa shape index (κ2) is 6.19. The second-order valence-electron chi connectivity index (χ2n) is 6.52. The van der Waals surface area contributed by atoms with Gasteiger partial charge in [-0.05, 0) is 43.7 Å². The van der Waals surface area contributed by atoms with Crippen molar-refractivity contribution in [2.75, 3.05) is 19.6 Å². The van der Waals surface area contributed by atoms with E-state index >= 15 is 0 Å². The molecule has 0 amide bonds. The van der Waals surface area contributed by atoms with Crippen molar-refractivity contribution in [2.24, 2.45) is 0 Å². The third-order valence-corrected chi connectivity index (χ3v) is 4.62. The summed E-state index contributed by atoms with van der Waals surface area (Å²) in [6.07, 6.45) is 7.50. The molecular formula is C19H24N2O. The molecule has 1 saturated heterocycles. The molecule has 0 radical (unpaired) electrons. The Hall–Kier alpha value is -1.71. The van der Waals surface area contributed by atoms with Gasteiger partial charge in [-0.2, -0.15) is 0 Å². The summed E-state index contributed by atoms with van der Waals surface area (Å²) in [6.45, 7) is 7.11. The first-order valence-corrected chi connectivity index (χ1v) is 8.00. The molecule has 0 atom stereocenters. The van der Waals surface area contributed by atoms with Crippen molar-refractivity contribution in [2.45, 2.75) is 32.3 Å². The first kappa shape index (κ1) is 15.2. The van der Waals surface area contributed by atoms with Crippen LogP contribution in [0.3, 0.4) is 0 Å². The van der Waals surface area contributed by atoms with Gasteiger partial charge in [-0.25, -0.2) is 0 Å². The third-order valence-electron chi connectivity index (χ3n) is 4.62. The molecule has 1 aliphatic rings. The Balaban J connectivity index is 1.81. The highest BCUT2D eigenvalue weighted by atomic mass is 16.3. The minimum Gasteiger partial charge on any atom is -0.385 e.